The minimum atomic E-state index is -0.783. The van der Waals surface area contributed by atoms with Crippen molar-refractivity contribution in [2.45, 2.75) is 33.7 Å². The van der Waals surface area contributed by atoms with Crippen molar-refractivity contribution in [2.75, 3.05) is 37.5 Å². The molecule has 1 heterocycles. The highest BCUT2D eigenvalue weighted by Gasteiger charge is 2.41. The lowest BCUT2D eigenvalue weighted by atomic mass is 10.2. The van der Waals surface area contributed by atoms with E-state index in [2.05, 4.69) is 4.98 Å². The first-order valence-corrected chi connectivity index (χ1v) is 9.25. The summed E-state index contributed by atoms with van der Waals surface area (Å²) in [6.45, 7) is 5.60. The Balaban J connectivity index is 2.30. The van der Waals surface area contributed by atoms with Crippen molar-refractivity contribution in [1.29, 1.82) is 0 Å². The van der Waals surface area contributed by atoms with Gasteiger partial charge < -0.3 is 15.2 Å². The highest BCUT2D eigenvalue weighted by molar-refractivity contribution is 5.97. The molecule has 1 aromatic heterocycles. The topological polar surface area (TPSA) is 137 Å². The van der Waals surface area contributed by atoms with Gasteiger partial charge in [-0.3, -0.25) is 28.8 Å². The Hall–Kier alpha value is -2.62. The third kappa shape index (κ3) is 5.00. The average molecular weight is 396 g/mol. The number of hydrogen-bond acceptors (Lipinski definition) is 7. The molecule has 2 atom stereocenters. The first-order valence-electron chi connectivity index (χ1n) is 9.25. The number of anilines is 2. The minimum absolute atomic E-state index is 0.0138. The summed E-state index contributed by atoms with van der Waals surface area (Å²) in [6, 6.07) is 0. The molecule has 1 saturated carbocycles. The van der Waals surface area contributed by atoms with Gasteiger partial charge in [-0.2, -0.15) is 0 Å². The van der Waals surface area contributed by atoms with Crippen LogP contribution in [0, 0.1) is 17.8 Å². The minimum Gasteiger partial charge on any atom is -0.455 e. The van der Waals surface area contributed by atoms with E-state index in [4.69, 9.17) is 15.2 Å². The second-order valence-electron chi connectivity index (χ2n) is 7.46. The van der Waals surface area contributed by atoms with Gasteiger partial charge in [0.05, 0.1) is 12.5 Å². The zero-order valence-electron chi connectivity index (χ0n) is 16.7. The smallest absolute Gasteiger partial charge is 0.330 e. The molecule has 10 heteroatoms. The third-order valence-electron chi connectivity index (χ3n) is 4.60. The molecule has 1 aliphatic carbocycles. The van der Waals surface area contributed by atoms with Crippen LogP contribution in [0.3, 0.4) is 0 Å². The molecule has 0 radical (unpaired) electrons. The summed E-state index contributed by atoms with van der Waals surface area (Å²) in [5.41, 5.74) is 4.49. The molecule has 156 valence electrons. The molecule has 3 N–H and O–H groups in total. The number of carbonyl (C=O) groups is 2. The molecule has 0 saturated heterocycles. The predicted molar refractivity (Wildman–Crippen MR) is 103 cm³/mol. The summed E-state index contributed by atoms with van der Waals surface area (Å²) >= 11 is 0. The van der Waals surface area contributed by atoms with Crippen molar-refractivity contribution in [1.82, 2.24) is 9.55 Å². The maximum Gasteiger partial charge on any atom is 0.330 e. The van der Waals surface area contributed by atoms with E-state index in [1.54, 1.807) is 0 Å². The van der Waals surface area contributed by atoms with Gasteiger partial charge in [0.15, 0.2) is 12.3 Å². The van der Waals surface area contributed by atoms with Crippen LogP contribution >= 0.6 is 0 Å². The highest BCUT2D eigenvalue weighted by Crippen LogP contribution is 2.38. The van der Waals surface area contributed by atoms with E-state index in [-0.39, 0.29) is 49.0 Å². The van der Waals surface area contributed by atoms with Crippen LogP contribution in [0.15, 0.2) is 9.59 Å². The van der Waals surface area contributed by atoms with Crippen LogP contribution in [0.25, 0.3) is 0 Å². The number of carbonyl (C=O) groups excluding carboxylic acids is 2. The standard InChI is InChI=1S/C18H28N4O6/c1-10(2)8-22-15(19)14(16(24)20-18(22)26)21(5-6-27-4)13(23)9-28-17(25)12-7-11(12)3/h10-12H,5-9,19H2,1-4H3,(H,20,24,26)/t11-,12+/m1/s1. The lowest BCUT2D eigenvalue weighted by Crippen LogP contribution is -2.44. The summed E-state index contributed by atoms with van der Waals surface area (Å²) in [4.78, 5) is 52.4. The largest absolute Gasteiger partial charge is 0.455 e. The fraction of sp³-hybridized carbons (Fsp3) is 0.667. The van der Waals surface area contributed by atoms with Gasteiger partial charge in [0.25, 0.3) is 11.5 Å². The maximum absolute atomic E-state index is 12.7. The average Bonchev–Trinajstić information content (AvgIpc) is 3.35. The van der Waals surface area contributed by atoms with Gasteiger partial charge in [-0.25, -0.2) is 4.79 Å². The molecular formula is C18H28N4O6. The fourth-order valence-electron chi connectivity index (χ4n) is 2.90. The number of methoxy groups -OCH3 is 1. The highest BCUT2D eigenvalue weighted by atomic mass is 16.5. The van der Waals surface area contributed by atoms with Gasteiger partial charge in [0, 0.05) is 20.2 Å². The first kappa shape index (κ1) is 21.7. The van der Waals surface area contributed by atoms with Crippen molar-refractivity contribution in [3.63, 3.8) is 0 Å². The number of nitrogens with one attached hydrogen (secondary N) is 1. The van der Waals surface area contributed by atoms with Crippen LogP contribution in [0.2, 0.25) is 0 Å². The number of aromatic amines is 1. The molecule has 0 aromatic carbocycles. The number of amides is 1. The van der Waals surface area contributed by atoms with Crippen molar-refractivity contribution in [3.05, 3.63) is 20.8 Å². The molecule has 0 aliphatic heterocycles. The van der Waals surface area contributed by atoms with Crippen molar-refractivity contribution >= 4 is 23.4 Å². The summed E-state index contributed by atoms with van der Waals surface area (Å²) in [7, 11) is 1.45. The molecule has 0 bridgehead atoms. The Morgan fingerprint density at radius 1 is 1.36 bits per heavy atom. The van der Waals surface area contributed by atoms with E-state index in [1.165, 1.54) is 11.7 Å². The summed E-state index contributed by atoms with van der Waals surface area (Å²) in [5.74, 6) is -1.01. The molecule has 1 amide bonds. The zero-order chi connectivity index (χ0) is 21.0. The van der Waals surface area contributed by atoms with Gasteiger partial charge in [0.2, 0.25) is 0 Å². The Morgan fingerprint density at radius 2 is 2.00 bits per heavy atom. The van der Waals surface area contributed by atoms with Gasteiger partial charge in [-0.05, 0) is 18.3 Å². The number of nitrogens with zero attached hydrogens (tertiary/aromatic N) is 2. The van der Waals surface area contributed by atoms with E-state index in [0.29, 0.717) is 0 Å². The normalized spacial score (nSPS) is 18.2. The Labute approximate surface area is 162 Å². The van der Waals surface area contributed by atoms with Crippen LogP contribution in [0.1, 0.15) is 27.2 Å². The lowest BCUT2D eigenvalue weighted by molar-refractivity contribution is -0.149. The number of nitrogens with two attached hydrogens (primary N) is 1. The second-order valence-corrected chi connectivity index (χ2v) is 7.46. The van der Waals surface area contributed by atoms with Gasteiger partial charge in [0.1, 0.15) is 5.82 Å². The van der Waals surface area contributed by atoms with Crippen molar-refractivity contribution in [2.24, 2.45) is 17.8 Å². The van der Waals surface area contributed by atoms with Crippen molar-refractivity contribution in [3.8, 4) is 0 Å². The number of H-pyrrole nitrogens is 1. The van der Waals surface area contributed by atoms with Gasteiger partial charge >= 0.3 is 11.7 Å². The number of rotatable bonds is 9. The van der Waals surface area contributed by atoms with Crippen LogP contribution in [0.5, 0.6) is 0 Å². The van der Waals surface area contributed by atoms with E-state index in [9.17, 15) is 19.2 Å². The first-order chi connectivity index (χ1) is 13.2. The van der Waals surface area contributed by atoms with Crippen LogP contribution in [-0.2, 0) is 25.6 Å². The molecule has 2 rings (SSSR count). The van der Waals surface area contributed by atoms with Gasteiger partial charge in [-0.1, -0.05) is 20.8 Å². The number of hydrogen-bond donors (Lipinski definition) is 2. The quantitative estimate of drug-likeness (QED) is 0.559. The fourth-order valence-corrected chi connectivity index (χ4v) is 2.90. The van der Waals surface area contributed by atoms with Crippen LogP contribution in [0.4, 0.5) is 11.5 Å². The Kier molecular flexibility index (Phi) is 7.00. The van der Waals surface area contributed by atoms with E-state index in [1.807, 2.05) is 20.8 Å². The van der Waals surface area contributed by atoms with E-state index in [0.717, 1.165) is 11.3 Å². The van der Waals surface area contributed by atoms with Crippen LogP contribution < -0.4 is 21.9 Å². The molecule has 1 fully saturated rings. The number of nitrogen functional groups attached to an aromatic ring is 1. The molecule has 0 unspecified atom stereocenters. The zero-order valence-corrected chi connectivity index (χ0v) is 16.7. The lowest BCUT2D eigenvalue weighted by Gasteiger charge is -2.24. The predicted octanol–water partition coefficient (Wildman–Crippen LogP) is -0.0466. The van der Waals surface area contributed by atoms with Gasteiger partial charge in [-0.15, -0.1) is 0 Å². The van der Waals surface area contributed by atoms with Crippen LogP contribution in [-0.4, -0.2) is 48.3 Å². The molecule has 28 heavy (non-hydrogen) atoms. The Bertz CT molecular complexity index is 843. The molecule has 1 aromatic rings. The van der Waals surface area contributed by atoms with E-state index >= 15 is 0 Å². The molecule has 1 aliphatic rings. The number of esters is 1. The third-order valence-corrected chi connectivity index (χ3v) is 4.60. The SMILES string of the molecule is COCCN(C(=O)COC(=O)[C@H]1C[C@H]1C)c1c(N)n(CC(C)C)c(=O)[nH]c1=O. The molecule has 0 spiro atoms. The number of ether oxygens (including phenoxy) is 2. The molecule has 10 nitrogen and oxygen atoms in total. The summed E-state index contributed by atoms with van der Waals surface area (Å²) in [5, 5.41) is 0. The van der Waals surface area contributed by atoms with E-state index < -0.39 is 29.7 Å². The summed E-state index contributed by atoms with van der Waals surface area (Å²) in [6.07, 6.45) is 0.743. The Morgan fingerprint density at radius 3 is 2.54 bits per heavy atom. The van der Waals surface area contributed by atoms with Crippen molar-refractivity contribution < 1.29 is 19.1 Å². The monoisotopic (exact) mass is 396 g/mol. The number of aromatic nitrogens is 2. The second kappa shape index (κ2) is 9.05. The molecular weight excluding hydrogens is 368 g/mol. The maximum atomic E-state index is 12.7. The summed E-state index contributed by atoms with van der Waals surface area (Å²) < 4.78 is 11.3.